The second kappa shape index (κ2) is 5.03. The third-order valence-electron chi connectivity index (χ3n) is 1.69. The van der Waals surface area contributed by atoms with Crippen molar-refractivity contribution in [2.24, 2.45) is 0 Å². The molecule has 0 N–H and O–H groups in total. The second-order valence-electron chi connectivity index (χ2n) is 2.86. The summed E-state index contributed by atoms with van der Waals surface area (Å²) in [6.07, 6.45) is -5.41. The smallest absolute Gasteiger partial charge is 0.449 e. The second-order valence-corrected chi connectivity index (χ2v) is 2.86. The Morgan fingerprint density at radius 1 is 1.00 bits per heavy atom. The number of allylic oxidation sites excluding steroid dienone is 1. The van der Waals surface area contributed by atoms with Crippen molar-refractivity contribution in [3.63, 3.8) is 0 Å². The van der Waals surface area contributed by atoms with Crippen LogP contribution in [0.3, 0.4) is 0 Å². The third kappa shape index (κ3) is 3.61. The van der Waals surface area contributed by atoms with Crippen LogP contribution in [0.15, 0.2) is 36.1 Å². The van der Waals surface area contributed by atoms with Gasteiger partial charge in [-0.3, -0.25) is 0 Å². The van der Waals surface area contributed by atoms with Gasteiger partial charge in [0.15, 0.2) is 0 Å². The van der Waals surface area contributed by atoms with Gasteiger partial charge < -0.3 is 9.47 Å². The van der Waals surface area contributed by atoms with Crippen molar-refractivity contribution >= 4 is 0 Å². The molecule has 0 aromatic heterocycles. The van der Waals surface area contributed by atoms with E-state index in [4.69, 9.17) is 4.74 Å². The SMILES string of the molecule is COc1ccc(O/C(F)=C(/F)C(F)(F)F)cc1. The number of alkyl halides is 3. The Hall–Kier alpha value is -1.79. The van der Waals surface area contributed by atoms with Crippen molar-refractivity contribution < 1.29 is 31.4 Å². The molecule has 0 aliphatic rings. The van der Waals surface area contributed by atoms with E-state index in [1.54, 1.807) is 0 Å². The zero-order valence-electron chi connectivity index (χ0n) is 8.52. The highest BCUT2D eigenvalue weighted by Crippen LogP contribution is 2.31. The highest BCUT2D eigenvalue weighted by molar-refractivity contribution is 5.32. The maximum absolute atomic E-state index is 12.7. The lowest BCUT2D eigenvalue weighted by molar-refractivity contribution is -0.114. The first-order valence-corrected chi connectivity index (χ1v) is 4.29. The quantitative estimate of drug-likeness (QED) is 0.604. The van der Waals surface area contributed by atoms with Crippen LogP contribution in [0.25, 0.3) is 0 Å². The maximum atomic E-state index is 12.7. The highest BCUT2D eigenvalue weighted by atomic mass is 19.4. The molecule has 17 heavy (non-hydrogen) atoms. The van der Waals surface area contributed by atoms with E-state index in [-0.39, 0.29) is 5.75 Å². The summed E-state index contributed by atoms with van der Waals surface area (Å²) in [5.74, 6) is -2.78. The van der Waals surface area contributed by atoms with Crippen LogP contribution in [0.5, 0.6) is 11.5 Å². The minimum atomic E-state index is -5.41. The van der Waals surface area contributed by atoms with Crippen molar-refractivity contribution in [1.29, 1.82) is 0 Å². The lowest BCUT2D eigenvalue weighted by atomic mass is 10.3. The predicted molar refractivity (Wildman–Crippen MR) is 48.9 cm³/mol. The third-order valence-corrected chi connectivity index (χ3v) is 1.69. The molecule has 0 bridgehead atoms. The Bertz CT molecular complexity index is 408. The fourth-order valence-corrected chi connectivity index (χ4v) is 0.903. The van der Waals surface area contributed by atoms with Crippen molar-refractivity contribution in [2.45, 2.75) is 6.18 Å². The van der Waals surface area contributed by atoms with E-state index >= 15 is 0 Å². The molecule has 0 heterocycles. The largest absolute Gasteiger partial charge is 0.497 e. The highest BCUT2D eigenvalue weighted by Gasteiger charge is 2.39. The number of rotatable bonds is 3. The van der Waals surface area contributed by atoms with Gasteiger partial charge in [-0.2, -0.15) is 22.0 Å². The lowest BCUT2D eigenvalue weighted by Crippen LogP contribution is -2.11. The molecule has 0 saturated heterocycles. The molecule has 2 nitrogen and oxygen atoms in total. The number of hydrogen-bond acceptors (Lipinski definition) is 2. The molecule has 0 unspecified atom stereocenters. The molecule has 0 saturated carbocycles. The van der Waals surface area contributed by atoms with E-state index in [2.05, 4.69) is 4.74 Å². The number of benzene rings is 1. The van der Waals surface area contributed by atoms with Gasteiger partial charge in [0.05, 0.1) is 7.11 Å². The Morgan fingerprint density at radius 2 is 1.47 bits per heavy atom. The molecule has 0 fully saturated rings. The molecule has 1 rings (SSSR count). The Labute approximate surface area is 93.3 Å². The number of ether oxygens (including phenoxy) is 2. The molecule has 0 aliphatic carbocycles. The zero-order chi connectivity index (χ0) is 13.1. The average Bonchev–Trinajstić information content (AvgIpc) is 2.27. The Balaban J connectivity index is 2.84. The standard InChI is InChI=1S/C10H7F5O2/c1-16-6-2-4-7(5-3-6)17-9(12)8(11)10(13,14)15/h2-5H,1H3/b9-8+. The molecular weight excluding hydrogens is 247 g/mol. The van der Waals surface area contributed by atoms with Crippen LogP contribution in [-0.2, 0) is 0 Å². The first-order chi connectivity index (χ1) is 7.84. The van der Waals surface area contributed by atoms with Crippen molar-refractivity contribution in [3.05, 3.63) is 36.1 Å². The van der Waals surface area contributed by atoms with Crippen LogP contribution in [0.1, 0.15) is 0 Å². The molecule has 0 spiro atoms. The van der Waals surface area contributed by atoms with Crippen LogP contribution in [-0.4, -0.2) is 13.3 Å². The van der Waals surface area contributed by atoms with Crippen LogP contribution in [0.2, 0.25) is 0 Å². The van der Waals surface area contributed by atoms with Gasteiger partial charge in [0.2, 0.25) is 0 Å². The van der Waals surface area contributed by atoms with Crippen LogP contribution in [0.4, 0.5) is 22.0 Å². The van der Waals surface area contributed by atoms with E-state index in [9.17, 15) is 22.0 Å². The van der Waals surface area contributed by atoms with Gasteiger partial charge in [0, 0.05) is 0 Å². The number of methoxy groups -OCH3 is 1. The number of halogens is 5. The first kappa shape index (κ1) is 13.3. The van der Waals surface area contributed by atoms with Crippen LogP contribution >= 0.6 is 0 Å². The Morgan fingerprint density at radius 3 is 1.88 bits per heavy atom. The van der Waals surface area contributed by atoms with Crippen molar-refractivity contribution in [2.75, 3.05) is 7.11 Å². The predicted octanol–water partition coefficient (Wildman–Crippen LogP) is 3.74. The minimum Gasteiger partial charge on any atom is -0.497 e. The van der Waals surface area contributed by atoms with Gasteiger partial charge in [-0.15, -0.1) is 0 Å². The van der Waals surface area contributed by atoms with E-state index in [1.807, 2.05) is 0 Å². The van der Waals surface area contributed by atoms with Gasteiger partial charge >= 0.3 is 12.2 Å². The lowest BCUT2D eigenvalue weighted by Gasteiger charge is -2.07. The van der Waals surface area contributed by atoms with Gasteiger partial charge in [0.1, 0.15) is 11.5 Å². The summed E-state index contributed by atoms with van der Waals surface area (Å²) in [5, 5.41) is 0. The van der Waals surface area contributed by atoms with E-state index < -0.39 is 18.0 Å². The molecule has 0 amide bonds. The summed E-state index contributed by atoms with van der Waals surface area (Å²) in [7, 11) is 1.37. The van der Waals surface area contributed by atoms with Crippen molar-refractivity contribution in [3.8, 4) is 11.5 Å². The Kier molecular flexibility index (Phi) is 3.93. The molecule has 94 valence electrons. The topological polar surface area (TPSA) is 18.5 Å². The van der Waals surface area contributed by atoms with Gasteiger partial charge in [-0.1, -0.05) is 0 Å². The molecule has 0 atom stereocenters. The first-order valence-electron chi connectivity index (χ1n) is 4.29. The van der Waals surface area contributed by atoms with E-state index in [1.165, 1.54) is 19.2 Å². The van der Waals surface area contributed by atoms with Crippen molar-refractivity contribution in [1.82, 2.24) is 0 Å². The summed E-state index contributed by atoms with van der Waals surface area (Å²) in [6.45, 7) is 0. The van der Waals surface area contributed by atoms with Crippen LogP contribution < -0.4 is 9.47 Å². The summed E-state index contributed by atoms with van der Waals surface area (Å²) < 4.78 is 69.1. The van der Waals surface area contributed by atoms with E-state index in [0.717, 1.165) is 12.1 Å². The average molecular weight is 254 g/mol. The van der Waals surface area contributed by atoms with Gasteiger partial charge in [-0.25, -0.2) is 0 Å². The van der Waals surface area contributed by atoms with Gasteiger partial charge in [-0.05, 0) is 24.3 Å². The minimum absolute atomic E-state index is 0.275. The van der Waals surface area contributed by atoms with Gasteiger partial charge in [0.25, 0.3) is 5.83 Å². The summed E-state index contributed by atoms with van der Waals surface area (Å²) in [5.41, 5.74) is 0. The summed E-state index contributed by atoms with van der Waals surface area (Å²) >= 11 is 0. The molecule has 1 aromatic rings. The molecule has 0 radical (unpaired) electrons. The molecule has 7 heteroatoms. The zero-order valence-corrected chi connectivity index (χ0v) is 8.52. The fraction of sp³-hybridized carbons (Fsp3) is 0.200. The van der Waals surface area contributed by atoms with Crippen LogP contribution in [0, 0.1) is 0 Å². The molecule has 0 aliphatic heterocycles. The fourth-order valence-electron chi connectivity index (χ4n) is 0.903. The monoisotopic (exact) mass is 254 g/mol. The summed E-state index contributed by atoms with van der Waals surface area (Å²) in [6, 6.07) is 2.61. The number of hydrogen-bond donors (Lipinski definition) is 0. The maximum Gasteiger partial charge on any atom is 0.449 e. The van der Waals surface area contributed by atoms with E-state index in [0.29, 0.717) is 5.75 Å². The normalized spacial score (nSPS) is 13.1. The molecular formula is C10H7F5O2. The molecule has 1 aromatic carbocycles. The summed E-state index contributed by atoms with van der Waals surface area (Å²) in [4.78, 5) is 0.